The molecular weight excluding hydrogens is 292 g/mol. The monoisotopic (exact) mass is 308 g/mol. The lowest BCUT2D eigenvalue weighted by Crippen LogP contribution is -2.57. The number of carbonyl (C=O) groups excluding carboxylic acids is 1. The number of piperazine rings is 1. The van der Waals surface area contributed by atoms with Gasteiger partial charge in [0, 0.05) is 23.6 Å². The molecule has 0 aliphatic carbocycles. The normalized spacial score (nSPS) is 28.1. The zero-order valence-corrected chi connectivity index (χ0v) is 11.8. The van der Waals surface area contributed by atoms with E-state index in [2.05, 4.69) is 26.1 Å². The molecule has 96 valence electrons. The average Bonchev–Trinajstić information content (AvgIpc) is 2.39. The van der Waals surface area contributed by atoms with Crippen LogP contribution in [-0.2, 0) is 4.79 Å². The van der Waals surface area contributed by atoms with E-state index in [1.54, 1.807) is 0 Å². The Morgan fingerprint density at radius 2 is 2.22 bits per heavy atom. The van der Waals surface area contributed by atoms with Gasteiger partial charge in [0.15, 0.2) is 0 Å². The van der Waals surface area contributed by atoms with Gasteiger partial charge in [-0.2, -0.15) is 0 Å². The molecule has 2 atom stereocenters. The largest absolute Gasteiger partial charge is 0.337 e. The van der Waals surface area contributed by atoms with Crippen LogP contribution >= 0.6 is 15.9 Å². The van der Waals surface area contributed by atoms with Gasteiger partial charge in [-0.1, -0.05) is 28.1 Å². The smallest absolute Gasteiger partial charge is 0.244 e. The van der Waals surface area contributed by atoms with Crippen LogP contribution in [-0.4, -0.2) is 29.9 Å². The standard InChI is InChI=1S/C14H17BrN2O/c15-11-5-3-4-10(8-11)13-14(18)17-7-2-1-6-12(17)9-16-13/h3-5,8,12-13,16H,1-2,6-7,9H2. The summed E-state index contributed by atoms with van der Waals surface area (Å²) in [5.41, 5.74) is 1.05. The predicted octanol–water partition coefficient (Wildman–Crippen LogP) is 2.47. The Labute approximate surface area is 116 Å². The quantitative estimate of drug-likeness (QED) is 0.864. The van der Waals surface area contributed by atoms with Gasteiger partial charge in [-0.25, -0.2) is 0 Å². The maximum absolute atomic E-state index is 12.5. The molecule has 1 amide bonds. The van der Waals surface area contributed by atoms with Crippen molar-refractivity contribution in [2.24, 2.45) is 0 Å². The molecule has 2 unspecified atom stereocenters. The molecule has 2 aliphatic rings. The summed E-state index contributed by atoms with van der Waals surface area (Å²) in [6.07, 6.45) is 3.54. The number of nitrogens with one attached hydrogen (secondary N) is 1. The minimum atomic E-state index is -0.170. The molecule has 0 aromatic heterocycles. The van der Waals surface area contributed by atoms with Crippen molar-refractivity contribution in [3.8, 4) is 0 Å². The summed E-state index contributed by atoms with van der Waals surface area (Å²) in [5, 5.41) is 3.40. The molecule has 2 aliphatic heterocycles. The van der Waals surface area contributed by atoms with E-state index in [9.17, 15) is 4.79 Å². The average molecular weight is 309 g/mol. The van der Waals surface area contributed by atoms with Gasteiger partial charge in [0.05, 0.1) is 0 Å². The van der Waals surface area contributed by atoms with Crippen LogP contribution in [0.3, 0.4) is 0 Å². The molecule has 0 radical (unpaired) electrons. The maximum Gasteiger partial charge on any atom is 0.244 e. The highest BCUT2D eigenvalue weighted by Gasteiger charge is 2.36. The number of carbonyl (C=O) groups is 1. The second-order valence-electron chi connectivity index (χ2n) is 5.08. The van der Waals surface area contributed by atoms with Crippen LogP contribution in [0.5, 0.6) is 0 Å². The van der Waals surface area contributed by atoms with E-state index in [1.165, 1.54) is 6.42 Å². The Hall–Kier alpha value is -0.870. The van der Waals surface area contributed by atoms with E-state index < -0.39 is 0 Å². The molecule has 4 heteroatoms. The number of halogens is 1. The first kappa shape index (κ1) is 12.2. The van der Waals surface area contributed by atoms with Crippen molar-refractivity contribution in [2.75, 3.05) is 13.1 Å². The molecule has 0 saturated carbocycles. The van der Waals surface area contributed by atoms with Gasteiger partial charge in [-0.05, 0) is 37.0 Å². The molecular formula is C14H17BrN2O. The van der Waals surface area contributed by atoms with Crippen LogP contribution < -0.4 is 5.32 Å². The Kier molecular flexibility index (Phi) is 3.39. The number of benzene rings is 1. The second-order valence-corrected chi connectivity index (χ2v) is 5.99. The highest BCUT2D eigenvalue weighted by atomic mass is 79.9. The Morgan fingerprint density at radius 1 is 1.33 bits per heavy atom. The van der Waals surface area contributed by atoms with Gasteiger partial charge in [0.25, 0.3) is 0 Å². The van der Waals surface area contributed by atoms with E-state index in [-0.39, 0.29) is 11.9 Å². The van der Waals surface area contributed by atoms with Crippen molar-refractivity contribution in [3.05, 3.63) is 34.3 Å². The minimum absolute atomic E-state index is 0.170. The summed E-state index contributed by atoms with van der Waals surface area (Å²) in [6, 6.07) is 8.26. The molecule has 3 nitrogen and oxygen atoms in total. The third-order valence-corrected chi connectivity index (χ3v) is 4.39. The Bertz CT molecular complexity index is 463. The Balaban J connectivity index is 1.84. The van der Waals surface area contributed by atoms with Gasteiger partial charge in [-0.15, -0.1) is 0 Å². The lowest BCUT2D eigenvalue weighted by molar-refractivity contribution is -0.140. The van der Waals surface area contributed by atoms with E-state index in [4.69, 9.17) is 0 Å². The third-order valence-electron chi connectivity index (χ3n) is 3.90. The van der Waals surface area contributed by atoms with Gasteiger partial charge in [0.1, 0.15) is 6.04 Å². The molecule has 1 aromatic rings. The van der Waals surface area contributed by atoms with Crippen molar-refractivity contribution in [1.82, 2.24) is 10.2 Å². The topological polar surface area (TPSA) is 32.3 Å². The number of fused-ring (bicyclic) bond motifs is 1. The number of hydrogen-bond donors (Lipinski definition) is 1. The molecule has 1 aromatic carbocycles. The zero-order valence-electron chi connectivity index (χ0n) is 10.2. The molecule has 0 spiro atoms. The maximum atomic E-state index is 12.5. The fourth-order valence-electron chi connectivity index (χ4n) is 2.96. The van der Waals surface area contributed by atoms with Crippen LogP contribution in [0.25, 0.3) is 0 Å². The summed E-state index contributed by atoms with van der Waals surface area (Å²) in [4.78, 5) is 14.6. The lowest BCUT2D eigenvalue weighted by Gasteiger charge is -2.43. The number of rotatable bonds is 1. The summed E-state index contributed by atoms with van der Waals surface area (Å²) in [6.45, 7) is 1.85. The van der Waals surface area contributed by atoms with Gasteiger partial charge in [0.2, 0.25) is 5.91 Å². The molecule has 0 bridgehead atoms. The third kappa shape index (κ3) is 2.19. The number of nitrogens with zero attached hydrogens (tertiary/aromatic N) is 1. The number of piperidine rings is 1. The van der Waals surface area contributed by atoms with Crippen molar-refractivity contribution >= 4 is 21.8 Å². The molecule has 2 fully saturated rings. The first-order valence-electron chi connectivity index (χ1n) is 6.55. The number of amides is 1. The van der Waals surface area contributed by atoms with Crippen LogP contribution in [0.15, 0.2) is 28.7 Å². The summed E-state index contributed by atoms with van der Waals surface area (Å²) >= 11 is 3.46. The fraction of sp³-hybridized carbons (Fsp3) is 0.500. The highest BCUT2D eigenvalue weighted by molar-refractivity contribution is 9.10. The van der Waals surface area contributed by atoms with Gasteiger partial charge >= 0.3 is 0 Å². The lowest BCUT2D eigenvalue weighted by atomic mass is 9.95. The van der Waals surface area contributed by atoms with Gasteiger partial charge < -0.3 is 10.2 Å². The Morgan fingerprint density at radius 3 is 3.06 bits per heavy atom. The highest BCUT2D eigenvalue weighted by Crippen LogP contribution is 2.27. The molecule has 1 N–H and O–H groups in total. The van der Waals surface area contributed by atoms with Crippen LogP contribution in [0.4, 0.5) is 0 Å². The van der Waals surface area contributed by atoms with Crippen LogP contribution in [0, 0.1) is 0 Å². The molecule has 2 heterocycles. The van der Waals surface area contributed by atoms with E-state index in [0.717, 1.165) is 36.0 Å². The van der Waals surface area contributed by atoms with Crippen LogP contribution in [0.2, 0.25) is 0 Å². The van der Waals surface area contributed by atoms with Crippen molar-refractivity contribution in [1.29, 1.82) is 0 Å². The predicted molar refractivity (Wildman–Crippen MR) is 74.2 cm³/mol. The van der Waals surface area contributed by atoms with E-state index >= 15 is 0 Å². The second kappa shape index (κ2) is 5.02. The molecule has 2 saturated heterocycles. The van der Waals surface area contributed by atoms with Crippen LogP contribution in [0.1, 0.15) is 30.9 Å². The molecule has 18 heavy (non-hydrogen) atoms. The van der Waals surface area contributed by atoms with E-state index in [0.29, 0.717) is 6.04 Å². The SMILES string of the molecule is O=C1C(c2cccc(Br)c2)NCC2CCCCN12. The first-order chi connectivity index (χ1) is 8.75. The first-order valence-corrected chi connectivity index (χ1v) is 7.34. The fourth-order valence-corrected chi connectivity index (χ4v) is 3.37. The summed E-state index contributed by atoms with van der Waals surface area (Å²) in [7, 11) is 0. The number of hydrogen-bond acceptors (Lipinski definition) is 2. The van der Waals surface area contributed by atoms with Crippen molar-refractivity contribution in [3.63, 3.8) is 0 Å². The minimum Gasteiger partial charge on any atom is -0.337 e. The summed E-state index contributed by atoms with van der Waals surface area (Å²) < 4.78 is 1.02. The summed E-state index contributed by atoms with van der Waals surface area (Å²) in [5.74, 6) is 0.240. The van der Waals surface area contributed by atoms with Gasteiger partial charge in [-0.3, -0.25) is 4.79 Å². The van der Waals surface area contributed by atoms with Crippen molar-refractivity contribution < 1.29 is 4.79 Å². The zero-order chi connectivity index (χ0) is 12.5. The van der Waals surface area contributed by atoms with E-state index in [1.807, 2.05) is 24.3 Å². The molecule has 3 rings (SSSR count). The van der Waals surface area contributed by atoms with Crippen molar-refractivity contribution in [2.45, 2.75) is 31.3 Å².